The predicted octanol–water partition coefficient (Wildman–Crippen LogP) is 1.72. The van der Waals surface area contributed by atoms with Crippen LogP contribution >= 0.6 is 0 Å². The van der Waals surface area contributed by atoms with E-state index in [1.54, 1.807) is 0 Å². The zero-order chi connectivity index (χ0) is 13.0. The monoisotopic (exact) mass is 247 g/mol. The number of likely N-dealkylation sites (N-methyl/N-ethyl adjacent to an activating group) is 1. The van der Waals surface area contributed by atoms with E-state index in [9.17, 15) is 0 Å². The normalized spacial score (nSPS) is 15.0. The Bertz CT molecular complexity index is 387. The molecule has 0 atom stereocenters. The molecular formula is C15H25N3. The van der Waals surface area contributed by atoms with Gasteiger partial charge in [-0.1, -0.05) is 12.1 Å². The largest absolute Gasteiger partial charge is 0.374 e. The molecule has 0 bridgehead atoms. The van der Waals surface area contributed by atoms with Gasteiger partial charge in [-0.05, 0) is 44.1 Å². The topological polar surface area (TPSA) is 18.5 Å². The standard InChI is InChI=1S/C15H25N3/c1-17(2)10-8-16-12-13-6-7-15-14(11-13)5-4-9-18(15)3/h6-7,11,16H,4-5,8-10,12H2,1-3H3. The number of nitrogens with one attached hydrogen (secondary N) is 1. The van der Waals surface area contributed by atoms with Crippen LogP contribution in [-0.2, 0) is 13.0 Å². The zero-order valence-electron chi connectivity index (χ0n) is 11.9. The van der Waals surface area contributed by atoms with E-state index in [1.807, 2.05) is 0 Å². The Morgan fingerprint density at radius 1 is 1.33 bits per heavy atom. The summed E-state index contributed by atoms with van der Waals surface area (Å²) in [5.74, 6) is 0. The molecule has 0 unspecified atom stereocenters. The lowest BCUT2D eigenvalue weighted by Gasteiger charge is -2.27. The Morgan fingerprint density at radius 3 is 2.94 bits per heavy atom. The third kappa shape index (κ3) is 3.47. The van der Waals surface area contributed by atoms with Gasteiger partial charge in [-0.25, -0.2) is 0 Å². The molecule has 3 heteroatoms. The first-order chi connectivity index (χ1) is 8.66. The number of rotatable bonds is 5. The molecule has 1 aromatic carbocycles. The molecule has 0 saturated carbocycles. The number of hydrogen-bond donors (Lipinski definition) is 1. The second-order valence-corrected chi connectivity index (χ2v) is 5.47. The van der Waals surface area contributed by atoms with Crippen molar-refractivity contribution in [2.45, 2.75) is 19.4 Å². The molecule has 1 aliphatic rings. The summed E-state index contributed by atoms with van der Waals surface area (Å²) in [6, 6.07) is 6.90. The summed E-state index contributed by atoms with van der Waals surface area (Å²) in [7, 11) is 6.40. The van der Waals surface area contributed by atoms with Crippen LogP contribution in [0.3, 0.4) is 0 Å². The van der Waals surface area contributed by atoms with E-state index in [2.05, 4.69) is 54.5 Å². The van der Waals surface area contributed by atoms with E-state index in [0.29, 0.717) is 0 Å². The van der Waals surface area contributed by atoms with Crippen molar-refractivity contribution in [1.82, 2.24) is 10.2 Å². The van der Waals surface area contributed by atoms with Gasteiger partial charge in [0.05, 0.1) is 0 Å². The van der Waals surface area contributed by atoms with Crippen molar-refractivity contribution in [3.8, 4) is 0 Å². The molecule has 0 spiro atoms. The van der Waals surface area contributed by atoms with Crippen molar-refractivity contribution < 1.29 is 0 Å². The molecule has 18 heavy (non-hydrogen) atoms. The number of anilines is 1. The molecule has 2 rings (SSSR count). The summed E-state index contributed by atoms with van der Waals surface area (Å²) in [5, 5.41) is 3.50. The Balaban J connectivity index is 1.90. The molecule has 0 fully saturated rings. The lowest BCUT2D eigenvalue weighted by molar-refractivity contribution is 0.400. The van der Waals surface area contributed by atoms with Gasteiger partial charge < -0.3 is 15.1 Å². The van der Waals surface area contributed by atoms with Gasteiger partial charge in [0, 0.05) is 38.9 Å². The Hall–Kier alpha value is -1.06. The highest BCUT2D eigenvalue weighted by molar-refractivity contribution is 5.56. The highest BCUT2D eigenvalue weighted by atomic mass is 15.1. The summed E-state index contributed by atoms with van der Waals surface area (Å²) in [5.41, 5.74) is 4.33. The van der Waals surface area contributed by atoms with Gasteiger partial charge in [0.15, 0.2) is 0 Å². The molecule has 1 aliphatic heterocycles. The molecule has 1 N–H and O–H groups in total. The Labute approximate surface area is 111 Å². The minimum Gasteiger partial charge on any atom is -0.374 e. The first kappa shape index (κ1) is 13.4. The number of hydrogen-bond acceptors (Lipinski definition) is 3. The lowest BCUT2D eigenvalue weighted by atomic mass is 9.99. The van der Waals surface area contributed by atoms with Crippen molar-refractivity contribution in [1.29, 1.82) is 0 Å². The average molecular weight is 247 g/mol. The highest BCUT2D eigenvalue weighted by Gasteiger charge is 2.13. The molecule has 100 valence electrons. The van der Waals surface area contributed by atoms with Crippen LogP contribution in [0, 0.1) is 0 Å². The van der Waals surface area contributed by atoms with E-state index < -0.39 is 0 Å². The molecule has 0 amide bonds. The van der Waals surface area contributed by atoms with Gasteiger partial charge in [-0.2, -0.15) is 0 Å². The minimum atomic E-state index is 0.977. The smallest absolute Gasteiger partial charge is 0.0396 e. The van der Waals surface area contributed by atoms with Gasteiger partial charge in [-0.15, -0.1) is 0 Å². The van der Waals surface area contributed by atoms with Crippen LogP contribution in [0.1, 0.15) is 17.5 Å². The quantitative estimate of drug-likeness (QED) is 0.799. The number of fused-ring (bicyclic) bond motifs is 1. The second kappa shape index (κ2) is 6.21. The summed E-state index contributed by atoms with van der Waals surface area (Å²) in [4.78, 5) is 4.57. The zero-order valence-corrected chi connectivity index (χ0v) is 11.9. The molecule has 0 saturated heterocycles. The van der Waals surface area contributed by atoms with Crippen molar-refractivity contribution in [3.63, 3.8) is 0 Å². The van der Waals surface area contributed by atoms with E-state index in [-0.39, 0.29) is 0 Å². The molecule has 1 heterocycles. The van der Waals surface area contributed by atoms with Crippen molar-refractivity contribution in [3.05, 3.63) is 29.3 Å². The average Bonchev–Trinajstić information content (AvgIpc) is 2.35. The summed E-state index contributed by atoms with van der Waals surface area (Å²) < 4.78 is 0. The number of benzene rings is 1. The highest BCUT2D eigenvalue weighted by Crippen LogP contribution is 2.26. The maximum absolute atomic E-state index is 3.50. The second-order valence-electron chi connectivity index (χ2n) is 5.47. The van der Waals surface area contributed by atoms with Crippen molar-refractivity contribution in [2.75, 3.05) is 45.7 Å². The molecule has 1 aromatic rings. The maximum Gasteiger partial charge on any atom is 0.0396 e. The fourth-order valence-corrected chi connectivity index (χ4v) is 2.48. The summed E-state index contributed by atoms with van der Waals surface area (Å²) in [6.07, 6.45) is 2.51. The summed E-state index contributed by atoms with van der Waals surface area (Å²) >= 11 is 0. The first-order valence-corrected chi connectivity index (χ1v) is 6.85. The van der Waals surface area contributed by atoms with E-state index in [4.69, 9.17) is 0 Å². The SMILES string of the molecule is CN(C)CCNCc1ccc2c(c1)CCCN2C. The van der Waals surface area contributed by atoms with Gasteiger partial charge >= 0.3 is 0 Å². The fraction of sp³-hybridized carbons (Fsp3) is 0.600. The van der Waals surface area contributed by atoms with E-state index in [0.717, 1.165) is 19.6 Å². The Kier molecular flexibility index (Phi) is 4.61. The number of nitrogens with zero attached hydrogens (tertiary/aromatic N) is 2. The van der Waals surface area contributed by atoms with Crippen LogP contribution in [-0.4, -0.2) is 45.7 Å². The van der Waals surface area contributed by atoms with Crippen molar-refractivity contribution in [2.24, 2.45) is 0 Å². The number of aryl methyl sites for hydroxylation is 1. The maximum atomic E-state index is 3.50. The van der Waals surface area contributed by atoms with E-state index in [1.165, 1.54) is 36.2 Å². The van der Waals surface area contributed by atoms with Crippen LogP contribution in [0.25, 0.3) is 0 Å². The molecular weight excluding hydrogens is 222 g/mol. The minimum absolute atomic E-state index is 0.977. The van der Waals surface area contributed by atoms with Crippen LogP contribution in [0.5, 0.6) is 0 Å². The molecule has 0 aromatic heterocycles. The third-order valence-electron chi connectivity index (χ3n) is 3.56. The van der Waals surface area contributed by atoms with Gasteiger partial charge in [0.2, 0.25) is 0 Å². The van der Waals surface area contributed by atoms with Crippen LogP contribution in [0.2, 0.25) is 0 Å². The van der Waals surface area contributed by atoms with Gasteiger partial charge in [0.25, 0.3) is 0 Å². The first-order valence-electron chi connectivity index (χ1n) is 6.85. The predicted molar refractivity (Wildman–Crippen MR) is 78.3 cm³/mol. The third-order valence-corrected chi connectivity index (χ3v) is 3.56. The lowest BCUT2D eigenvalue weighted by Crippen LogP contribution is -2.27. The van der Waals surface area contributed by atoms with Crippen LogP contribution in [0.4, 0.5) is 5.69 Å². The van der Waals surface area contributed by atoms with Gasteiger partial charge in [0.1, 0.15) is 0 Å². The van der Waals surface area contributed by atoms with Crippen LogP contribution < -0.4 is 10.2 Å². The van der Waals surface area contributed by atoms with E-state index >= 15 is 0 Å². The fourth-order valence-electron chi connectivity index (χ4n) is 2.48. The summed E-state index contributed by atoms with van der Waals surface area (Å²) in [6.45, 7) is 4.30. The van der Waals surface area contributed by atoms with Crippen molar-refractivity contribution >= 4 is 5.69 Å². The molecule has 0 radical (unpaired) electrons. The van der Waals surface area contributed by atoms with Crippen LogP contribution in [0.15, 0.2) is 18.2 Å². The van der Waals surface area contributed by atoms with Gasteiger partial charge in [-0.3, -0.25) is 0 Å². The molecule has 3 nitrogen and oxygen atoms in total. The molecule has 0 aliphatic carbocycles. The Morgan fingerprint density at radius 2 is 2.17 bits per heavy atom.